The molecule has 0 radical (unpaired) electrons. The molecule has 2 heterocycles. The molecule has 1 aliphatic heterocycles. The predicted molar refractivity (Wildman–Crippen MR) is 65.2 cm³/mol. The summed E-state index contributed by atoms with van der Waals surface area (Å²) < 4.78 is 0. The molecule has 1 saturated heterocycles. The number of carbonyl (C=O) groups excluding carboxylic acids is 1. The normalized spacial score (nSPS) is 17.1. The van der Waals surface area contributed by atoms with E-state index < -0.39 is 0 Å². The number of aromatic nitrogens is 2. The van der Waals surface area contributed by atoms with Crippen molar-refractivity contribution in [1.29, 1.82) is 0 Å². The second-order valence-electron chi connectivity index (χ2n) is 4.42. The molecule has 1 fully saturated rings. The van der Waals surface area contributed by atoms with Gasteiger partial charge in [-0.25, -0.2) is 9.97 Å². The van der Waals surface area contributed by atoms with Gasteiger partial charge in [-0.05, 0) is 18.8 Å². The number of rotatable bonds is 3. The summed E-state index contributed by atoms with van der Waals surface area (Å²) in [5, 5.41) is 0. The summed E-state index contributed by atoms with van der Waals surface area (Å²) in [5.41, 5.74) is 11.3. The molecule has 2 rings (SSSR count). The van der Waals surface area contributed by atoms with Crippen LogP contribution in [0.25, 0.3) is 0 Å². The molecule has 1 aliphatic rings. The summed E-state index contributed by atoms with van der Waals surface area (Å²) in [6.07, 6.45) is 5.61. The van der Waals surface area contributed by atoms with Crippen molar-refractivity contribution in [3.05, 3.63) is 12.4 Å². The van der Waals surface area contributed by atoms with Crippen molar-refractivity contribution >= 4 is 17.5 Å². The molecule has 17 heavy (non-hydrogen) atoms. The average Bonchev–Trinajstić information content (AvgIpc) is 2.30. The van der Waals surface area contributed by atoms with E-state index in [1.807, 2.05) is 0 Å². The Balaban J connectivity index is 1.90. The molecular weight excluding hydrogens is 218 g/mol. The van der Waals surface area contributed by atoms with Crippen LogP contribution in [0, 0.1) is 5.92 Å². The molecule has 0 aliphatic carbocycles. The van der Waals surface area contributed by atoms with E-state index in [4.69, 9.17) is 11.5 Å². The number of primary amides is 1. The van der Waals surface area contributed by atoms with Gasteiger partial charge in [-0.1, -0.05) is 0 Å². The van der Waals surface area contributed by atoms with Crippen LogP contribution in [0.5, 0.6) is 0 Å². The zero-order valence-electron chi connectivity index (χ0n) is 9.67. The van der Waals surface area contributed by atoms with E-state index in [0.29, 0.717) is 24.0 Å². The van der Waals surface area contributed by atoms with Crippen LogP contribution in [0.2, 0.25) is 0 Å². The monoisotopic (exact) mass is 235 g/mol. The molecular formula is C11H17N5O. The zero-order chi connectivity index (χ0) is 12.3. The smallest absolute Gasteiger partial charge is 0.225 e. The molecule has 0 spiro atoms. The largest absolute Gasteiger partial charge is 0.396 e. The van der Waals surface area contributed by atoms with Gasteiger partial charge in [-0.2, -0.15) is 0 Å². The molecule has 0 atom stereocenters. The van der Waals surface area contributed by atoms with Crippen molar-refractivity contribution in [3.63, 3.8) is 0 Å². The molecule has 1 amide bonds. The molecule has 0 unspecified atom stereocenters. The summed E-state index contributed by atoms with van der Waals surface area (Å²) in [7, 11) is 0. The molecule has 6 heteroatoms. The topological polar surface area (TPSA) is 98.1 Å². The lowest BCUT2D eigenvalue weighted by molar-refractivity contribution is -0.119. The summed E-state index contributed by atoms with van der Waals surface area (Å²) in [6.45, 7) is 1.73. The quantitative estimate of drug-likeness (QED) is 0.777. The lowest BCUT2D eigenvalue weighted by Gasteiger charge is -2.31. The fourth-order valence-electron chi connectivity index (χ4n) is 2.12. The summed E-state index contributed by atoms with van der Waals surface area (Å²) in [5.74, 6) is 0.890. The Kier molecular flexibility index (Phi) is 3.41. The second-order valence-corrected chi connectivity index (χ2v) is 4.42. The summed E-state index contributed by atoms with van der Waals surface area (Å²) in [6, 6.07) is 0. The van der Waals surface area contributed by atoms with Gasteiger partial charge in [0, 0.05) is 19.5 Å². The number of piperidine rings is 1. The minimum absolute atomic E-state index is 0.216. The first-order valence-corrected chi connectivity index (χ1v) is 5.76. The highest BCUT2D eigenvalue weighted by atomic mass is 16.1. The maximum absolute atomic E-state index is 10.8. The first kappa shape index (κ1) is 11.6. The van der Waals surface area contributed by atoms with Crippen LogP contribution < -0.4 is 16.4 Å². The van der Waals surface area contributed by atoms with Crippen molar-refractivity contribution in [1.82, 2.24) is 9.97 Å². The third-order valence-electron chi connectivity index (χ3n) is 3.05. The van der Waals surface area contributed by atoms with Gasteiger partial charge in [0.15, 0.2) is 0 Å². The first-order valence-electron chi connectivity index (χ1n) is 5.76. The van der Waals surface area contributed by atoms with Crippen LogP contribution in [-0.2, 0) is 4.79 Å². The predicted octanol–water partition coefficient (Wildman–Crippen LogP) is 0.151. The SMILES string of the molecule is NC(=O)CC1CCN(c2ncc(N)cn2)CC1. The van der Waals surface area contributed by atoms with E-state index in [1.165, 1.54) is 0 Å². The van der Waals surface area contributed by atoms with Gasteiger partial charge in [0.1, 0.15) is 0 Å². The minimum Gasteiger partial charge on any atom is -0.396 e. The van der Waals surface area contributed by atoms with E-state index in [2.05, 4.69) is 14.9 Å². The van der Waals surface area contributed by atoms with Gasteiger partial charge < -0.3 is 16.4 Å². The standard InChI is InChI=1S/C11H17N5O/c12-9-6-14-11(15-7-9)16-3-1-8(2-4-16)5-10(13)17/h6-8H,1-5,12H2,(H2,13,17). The molecule has 0 bridgehead atoms. The number of nitrogens with zero attached hydrogens (tertiary/aromatic N) is 3. The Hall–Kier alpha value is -1.85. The third kappa shape index (κ3) is 3.05. The molecule has 4 N–H and O–H groups in total. The third-order valence-corrected chi connectivity index (χ3v) is 3.05. The van der Waals surface area contributed by atoms with Crippen molar-refractivity contribution in [3.8, 4) is 0 Å². The number of anilines is 2. The Labute approximate surface area is 100 Å². The van der Waals surface area contributed by atoms with Crippen molar-refractivity contribution in [2.75, 3.05) is 23.7 Å². The van der Waals surface area contributed by atoms with Crippen LogP contribution in [0.1, 0.15) is 19.3 Å². The number of nitrogens with two attached hydrogens (primary N) is 2. The van der Waals surface area contributed by atoms with Crippen LogP contribution in [-0.4, -0.2) is 29.0 Å². The first-order chi connectivity index (χ1) is 8.15. The van der Waals surface area contributed by atoms with E-state index in [0.717, 1.165) is 25.9 Å². The van der Waals surface area contributed by atoms with Gasteiger partial charge in [0.25, 0.3) is 0 Å². The zero-order valence-corrected chi connectivity index (χ0v) is 9.67. The Bertz CT molecular complexity index is 383. The average molecular weight is 235 g/mol. The maximum atomic E-state index is 10.8. The number of nitrogen functional groups attached to an aromatic ring is 1. The van der Waals surface area contributed by atoms with Gasteiger partial charge in [0.2, 0.25) is 11.9 Å². The van der Waals surface area contributed by atoms with Gasteiger partial charge in [-0.15, -0.1) is 0 Å². The summed E-state index contributed by atoms with van der Waals surface area (Å²) >= 11 is 0. The van der Waals surface area contributed by atoms with Crippen LogP contribution in [0.4, 0.5) is 11.6 Å². The van der Waals surface area contributed by atoms with Crippen LogP contribution in [0.3, 0.4) is 0 Å². The lowest BCUT2D eigenvalue weighted by Crippen LogP contribution is -2.36. The highest BCUT2D eigenvalue weighted by Crippen LogP contribution is 2.22. The maximum Gasteiger partial charge on any atom is 0.225 e. The van der Waals surface area contributed by atoms with E-state index in [9.17, 15) is 4.79 Å². The van der Waals surface area contributed by atoms with Gasteiger partial charge >= 0.3 is 0 Å². The van der Waals surface area contributed by atoms with E-state index >= 15 is 0 Å². The second kappa shape index (κ2) is 4.99. The molecule has 0 aromatic carbocycles. The highest BCUT2D eigenvalue weighted by Gasteiger charge is 2.21. The number of hydrogen-bond acceptors (Lipinski definition) is 5. The molecule has 1 aromatic rings. The van der Waals surface area contributed by atoms with Gasteiger partial charge in [0.05, 0.1) is 18.1 Å². The van der Waals surface area contributed by atoms with Crippen molar-refractivity contribution in [2.24, 2.45) is 11.7 Å². The number of amides is 1. The van der Waals surface area contributed by atoms with E-state index in [-0.39, 0.29) is 5.91 Å². The number of carbonyl (C=O) groups is 1. The van der Waals surface area contributed by atoms with E-state index in [1.54, 1.807) is 12.4 Å². The summed E-state index contributed by atoms with van der Waals surface area (Å²) in [4.78, 5) is 21.3. The Morgan fingerprint density at radius 3 is 2.47 bits per heavy atom. The molecule has 1 aromatic heterocycles. The lowest BCUT2D eigenvalue weighted by atomic mass is 9.93. The highest BCUT2D eigenvalue weighted by molar-refractivity contribution is 5.74. The van der Waals surface area contributed by atoms with Crippen LogP contribution in [0.15, 0.2) is 12.4 Å². The fraction of sp³-hybridized carbons (Fsp3) is 0.545. The van der Waals surface area contributed by atoms with Crippen LogP contribution >= 0.6 is 0 Å². The Morgan fingerprint density at radius 1 is 1.35 bits per heavy atom. The van der Waals surface area contributed by atoms with Crippen molar-refractivity contribution in [2.45, 2.75) is 19.3 Å². The minimum atomic E-state index is -0.216. The number of hydrogen-bond donors (Lipinski definition) is 2. The molecule has 0 saturated carbocycles. The molecule has 6 nitrogen and oxygen atoms in total. The molecule has 92 valence electrons. The Morgan fingerprint density at radius 2 is 1.94 bits per heavy atom. The fourth-order valence-corrected chi connectivity index (χ4v) is 2.12. The van der Waals surface area contributed by atoms with Crippen molar-refractivity contribution < 1.29 is 4.79 Å². The van der Waals surface area contributed by atoms with Gasteiger partial charge in [-0.3, -0.25) is 4.79 Å².